The summed E-state index contributed by atoms with van der Waals surface area (Å²) in [5, 5.41) is 5.39. The molecule has 0 unspecified atom stereocenters. The van der Waals surface area contributed by atoms with Crippen molar-refractivity contribution in [3.05, 3.63) is 179 Å². The third kappa shape index (κ3) is 11.8. The summed E-state index contributed by atoms with van der Waals surface area (Å²) < 4.78 is 1.42. The van der Waals surface area contributed by atoms with Gasteiger partial charge >= 0.3 is 99.2 Å². The molecule has 0 saturated carbocycles. The summed E-state index contributed by atoms with van der Waals surface area (Å²) in [6.07, 6.45) is 11.5. The average Bonchev–Trinajstić information content (AvgIpc) is 3.85. The van der Waals surface area contributed by atoms with Crippen molar-refractivity contribution in [1.82, 2.24) is 0 Å². The predicted octanol–water partition coefficient (Wildman–Crippen LogP) is 7.62. The molecule has 0 atom stereocenters. The van der Waals surface area contributed by atoms with Crippen LogP contribution in [0.25, 0.3) is 32.7 Å². The van der Waals surface area contributed by atoms with Gasteiger partial charge in [-0.3, -0.25) is 0 Å². The fourth-order valence-electron chi connectivity index (χ4n) is 6.75. The van der Waals surface area contributed by atoms with Crippen LogP contribution in [0.5, 0.6) is 0 Å². The first-order valence-corrected chi connectivity index (χ1v) is 20.0. The van der Waals surface area contributed by atoms with Crippen LogP contribution in [-0.4, -0.2) is 3.21 Å². The van der Waals surface area contributed by atoms with Gasteiger partial charge in [0.05, 0.1) is 0 Å². The topological polar surface area (TPSA) is 0 Å². The van der Waals surface area contributed by atoms with E-state index in [4.69, 9.17) is 0 Å². The van der Waals surface area contributed by atoms with E-state index in [0.717, 1.165) is 0 Å². The van der Waals surface area contributed by atoms with Crippen molar-refractivity contribution in [2.24, 2.45) is 0 Å². The van der Waals surface area contributed by atoms with Gasteiger partial charge in [-0.25, -0.2) is 0 Å². The Kier molecular flexibility index (Phi) is 19.3. The summed E-state index contributed by atoms with van der Waals surface area (Å²) in [6, 6.07) is 54.0. The van der Waals surface area contributed by atoms with Gasteiger partial charge in [-0.05, 0) is 37.7 Å². The Labute approximate surface area is 340 Å². The van der Waals surface area contributed by atoms with Crippen LogP contribution in [0.2, 0.25) is 0 Å². The Morgan fingerprint density at radius 1 is 0.500 bits per heavy atom. The minimum absolute atomic E-state index is 0. The Bertz CT molecular complexity index is 1930. The maximum absolute atomic E-state index is 2.42. The zero-order valence-corrected chi connectivity index (χ0v) is 35.0. The quantitative estimate of drug-likeness (QED) is 0.112. The summed E-state index contributed by atoms with van der Waals surface area (Å²) in [5.41, 5.74) is 10.5. The normalized spacial score (nSPS) is 10.3. The second kappa shape index (κ2) is 23.3. The van der Waals surface area contributed by atoms with Crippen LogP contribution in [0.15, 0.2) is 152 Å². The molecule has 0 bridgehead atoms. The van der Waals surface area contributed by atoms with E-state index in [9.17, 15) is 0 Å². The molecule has 0 amide bonds. The SMILES string of the molecule is CCCCc1ccc(-c2ccc[cH-]2)c(CCCC)c1CCCC.[Cl-].[Cl-].[Zr+2]=[C](c1ccccc1)c1ccccc1.c1ccc2c(c1)[cH-]c1ccccc12. The van der Waals surface area contributed by atoms with E-state index in [2.05, 4.69) is 172 Å². The first-order chi connectivity index (χ1) is 24.6. The Morgan fingerprint density at radius 2 is 0.981 bits per heavy atom. The Balaban J connectivity index is 0.000000217. The van der Waals surface area contributed by atoms with Gasteiger partial charge in [0, 0.05) is 0 Å². The molecule has 0 nitrogen and oxygen atoms in total. The molecular formula is C49H52Cl2Zr-2. The molecule has 52 heavy (non-hydrogen) atoms. The molecule has 0 aliphatic heterocycles. The van der Waals surface area contributed by atoms with Crippen LogP contribution in [-0.2, 0) is 43.5 Å². The first-order valence-electron chi connectivity index (χ1n) is 18.7. The minimum Gasteiger partial charge on any atom is -0.126 e. The number of aryl methyl sites for hydroxylation is 1. The second-order valence-electron chi connectivity index (χ2n) is 13.1. The summed E-state index contributed by atoms with van der Waals surface area (Å²) >= 11 is 1.46. The zero-order valence-electron chi connectivity index (χ0n) is 31.1. The van der Waals surface area contributed by atoms with Gasteiger partial charge in [-0.15, -0.1) is 51.4 Å². The zero-order chi connectivity index (χ0) is 35.0. The van der Waals surface area contributed by atoms with Crippen molar-refractivity contribution in [3.63, 3.8) is 0 Å². The van der Waals surface area contributed by atoms with Gasteiger partial charge in [0.1, 0.15) is 0 Å². The maximum atomic E-state index is 2.42. The third-order valence-electron chi connectivity index (χ3n) is 9.51. The summed E-state index contributed by atoms with van der Waals surface area (Å²) in [6.45, 7) is 6.90. The van der Waals surface area contributed by atoms with Crippen molar-refractivity contribution in [2.75, 3.05) is 0 Å². The van der Waals surface area contributed by atoms with E-state index >= 15 is 0 Å². The summed E-state index contributed by atoms with van der Waals surface area (Å²) in [5.74, 6) is 0. The molecule has 0 aliphatic rings. The summed E-state index contributed by atoms with van der Waals surface area (Å²) in [7, 11) is 0. The van der Waals surface area contributed by atoms with Crippen LogP contribution in [0.3, 0.4) is 0 Å². The number of hydrogen-bond donors (Lipinski definition) is 0. The van der Waals surface area contributed by atoms with E-state index in [0.29, 0.717) is 0 Å². The fraction of sp³-hybridized carbons (Fsp3) is 0.245. The van der Waals surface area contributed by atoms with Gasteiger partial charge < -0.3 is 24.8 Å². The van der Waals surface area contributed by atoms with Crippen LogP contribution in [0.4, 0.5) is 0 Å². The Hall–Kier alpha value is -3.35. The molecule has 0 aromatic heterocycles. The molecule has 0 N–H and O–H groups in total. The van der Waals surface area contributed by atoms with E-state index in [1.165, 1.54) is 129 Å². The van der Waals surface area contributed by atoms with Crippen LogP contribution in [0.1, 0.15) is 87.1 Å². The molecule has 7 aromatic rings. The molecule has 0 heterocycles. The van der Waals surface area contributed by atoms with Gasteiger partial charge in [0.15, 0.2) is 0 Å². The van der Waals surface area contributed by atoms with Crippen LogP contribution >= 0.6 is 0 Å². The molecule has 0 saturated heterocycles. The molecule has 3 heteroatoms. The molecule has 0 aliphatic carbocycles. The monoisotopic (exact) mass is 800 g/mol. The van der Waals surface area contributed by atoms with Crippen molar-refractivity contribution >= 4 is 24.8 Å². The largest absolute Gasteiger partial charge is 0.126 e. The van der Waals surface area contributed by atoms with Crippen molar-refractivity contribution in [3.8, 4) is 11.1 Å². The smallest absolute Gasteiger partial charge is 0.0771 e. The number of benzene rings is 5. The molecule has 0 fully saturated rings. The number of fused-ring (bicyclic) bond motifs is 3. The fourth-order valence-corrected chi connectivity index (χ4v) is 7.57. The average molecular weight is 803 g/mol. The second-order valence-corrected chi connectivity index (χ2v) is 14.4. The molecule has 268 valence electrons. The maximum Gasteiger partial charge on any atom is -0.0771 e. The number of halogens is 2. The third-order valence-corrected chi connectivity index (χ3v) is 10.9. The van der Waals surface area contributed by atoms with Crippen molar-refractivity contribution in [2.45, 2.75) is 78.6 Å². The van der Waals surface area contributed by atoms with E-state index in [1.807, 2.05) is 0 Å². The number of unbranched alkanes of at least 4 members (excludes halogenated alkanes) is 3. The van der Waals surface area contributed by atoms with E-state index < -0.39 is 0 Å². The summed E-state index contributed by atoms with van der Waals surface area (Å²) in [4.78, 5) is 0. The minimum atomic E-state index is 0. The first kappa shape index (κ1) is 43.1. The molecule has 0 radical (unpaired) electrons. The molecule has 7 rings (SSSR count). The molecular weight excluding hydrogens is 751 g/mol. The van der Waals surface area contributed by atoms with Crippen molar-refractivity contribution < 1.29 is 49.0 Å². The Morgan fingerprint density at radius 3 is 1.48 bits per heavy atom. The molecule has 0 spiro atoms. The van der Waals surface area contributed by atoms with Gasteiger partial charge in [-0.2, -0.15) is 18.2 Å². The van der Waals surface area contributed by atoms with E-state index in [1.54, 1.807) is 16.7 Å². The van der Waals surface area contributed by atoms with Crippen LogP contribution < -0.4 is 24.8 Å². The van der Waals surface area contributed by atoms with Gasteiger partial charge in [0.2, 0.25) is 0 Å². The standard InChI is InChI=1S/C23H33.C13H9.C13H10.2ClH.Zr/c1-4-7-12-20-17-18-22(19-13-10-11-14-19)23(16-9-6-3)21(20)15-8-5-2;1-3-7-12-10(5-1)9-11-6-2-4-8-13(11)12;1-3-7-12(8-4-1)11-13-9-5-2-6-10-13;;;/h10-11,13-14,17-18H,4-9,12,15-16H2,1-3H3;1-9H;1-10H;2*1H;/q2*-1;;;;+2/p-2. The number of hydrogen-bond acceptors (Lipinski definition) is 0. The molecule has 7 aromatic carbocycles. The number of rotatable bonds is 12. The van der Waals surface area contributed by atoms with Gasteiger partial charge in [-0.1, -0.05) is 112 Å². The predicted molar refractivity (Wildman–Crippen MR) is 216 cm³/mol. The van der Waals surface area contributed by atoms with Crippen molar-refractivity contribution in [1.29, 1.82) is 0 Å². The van der Waals surface area contributed by atoms with Gasteiger partial charge in [0.25, 0.3) is 0 Å². The van der Waals surface area contributed by atoms with Crippen LogP contribution in [0, 0.1) is 0 Å². The van der Waals surface area contributed by atoms with E-state index in [-0.39, 0.29) is 24.8 Å².